The van der Waals surface area contributed by atoms with Crippen LogP contribution in [0.2, 0.25) is 0 Å². The summed E-state index contributed by atoms with van der Waals surface area (Å²) < 4.78 is 24.5. The SMILES string of the molecule is Cc1cc(=O)c(C=O)c(C(F)F)[nH]1. The van der Waals surface area contributed by atoms with Crippen LogP contribution < -0.4 is 5.43 Å². The second-order valence-corrected chi connectivity index (χ2v) is 2.56. The number of carbonyl (C=O) groups excluding carboxylic acids is 1. The highest BCUT2D eigenvalue weighted by Gasteiger charge is 2.16. The summed E-state index contributed by atoms with van der Waals surface area (Å²) in [5, 5.41) is 0. The van der Waals surface area contributed by atoms with Gasteiger partial charge in [-0.3, -0.25) is 9.59 Å². The van der Waals surface area contributed by atoms with Gasteiger partial charge in [-0.25, -0.2) is 8.78 Å². The molecule has 13 heavy (non-hydrogen) atoms. The number of alkyl halides is 2. The maximum Gasteiger partial charge on any atom is 0.279 e. The number of aromatic nitrogens is 1. The highest BCUT2D eigenvalue weighted by Crippen LogP contribution is 2.17. The summed E-state index contributed by atoms with van der Waals surface area (Å²) in [5.41, 5.74) is -1.48. The van der Waals surface area contributed by atoms with Gasteiger partial charge in [0, 0.05) is 11.8 Å². The third-order valence-electron chi connectivity index (χ3n) is 1.57. The topological polar surface area (TPSA) is 49.9 Å². The van der Waals surface area contributed by atoms with Crippen LogP contribution in [0.5, 0.6) is 0 Å². The molecule has 3 nitrogen and oxygen atoms in total. The molecular weight excluding hydrogens is 180 g/mol. The van der Waals surface area contributed by atoms with Crippen molar-refractivity contribution in [3.05, 3.63) is 33.2 Å². The molecule has 0 radical (unpaired) electrons. The molecule has 0 atom stereocenters. The average Bonchev–Trinajstić information content (AvgIpc) is 2.02. The lowest BCUT2D eigenvalue weighted by Crippen LogP contribution is -2.14. The molecule has 0 unspecified atom stereocenters. The second-order valence-electron chi connectivity index (χ2n) is 2.56. The predicted octanol–water partition coefficient (Wildman–Crippen LogP) is 1.43. The van der Waals surface area contributed by atoms with Crippen molar-refractivity contribution in [2.75, 3.05) is 0 Å². The van der Waals surface area contributed by atoms with Gasteiger partial charge in [-0.05, 0) is 6.92 Å². The summed E-state index contributed by atoms with van der Waals surface area (Å²) >= 11 is 0. The maximum absolute atomic E-state index is 12.2. The normalized spacial score (nSPS) is 10.5. The van der Waals surface area contributed by atoms with Crippen molar-refractivity contribution in [3.8, 4) is 0 Å². The van der Waals surface area contributed by atoms with Gasteiger partial charge in [0.1, 0.15) is 0 Å². The van der Waals surface area contributed by atoms with E-state index in [2.05, 4.69) is 4.98 Å². The van der Waals surface area contributed by atoms with Crippen LogP contribution in [-0.4, -0.2) is 11.3 Å². The number of aldehydes is 1. The summed E-state index contributed by atoms with van der Waals surface area (Å²) in [6, 6.07) is 1.11. The molecule has 0 fully saturated rings. The Labute approximate surface area is 72.4 Å². The fraction of sp³-hybridized carbons (Fsp3) is 0.250. The summed E-state index contributed by atoms with van der Waals surface area (Å²) in [5.74, 6) is 0. The van der Waals surface area contributed by atoms with E-state index in [4.69, 9.17) is 0 Å². The molecule has 0 bridgehead atoms. The minimum atomic E-state index is -2.84. The molecule has 0 aliphatic heterocycles. The molecule has 1 aromatic heterocycles. The Hall–Kier alpha value is -1.52. The van der Waals surface area contributed by atoms with E-state index < -0.39 is 23.1 Å². The average molecular weight is 187 g/mol. The highest BCUT2D eigenvalue weighted by molar-refractivity contribution is 5.76. The molecule has 0 aliphatic rings. The Balaban J connectivity index is 3.47. The summed E-state index contributed by atoms with van der Waals surface area (Å²) in [6.07, 6.45) is -2.70. The van der Waals surface area contributed by atoms with Crippen molar-refractivity contribution < 1.29 is 13.6 Å². The molecule has 0 amide bonds. The monoisotopic (exact) mass is 187 g/mol. The number of hydrogen-bond acceptors (Lipinski definition) is 2. The first-order chi connectivity index (χ1) is 6.06. The number of halogens is 2. The lowest BCUT2D eigenvalue weighted by atomic mass is 10.2. The molecule has 0 saturated heterocycles. The highest BCUT2D eigenvalue weighted by atomic mass is 19.3. The molecule has 1 aromatic rings. The van der Waals surface area contributed by atoms with Gasteiger partial charge < -0.3 is 4.98 Å². The molecule has 1 N–H and O–H groups in total. The van der Waals surface area contributed by atoms with Crippen LogP contribution in [0.4, 0.5) is 8.78 Å². The first-order valence-corrected chi connectivity index (χ1v) is 3.53. The van der Waals surface area contributed by atoms with Crippen molar-refractivity contribution >= 4 is 6.29 Å². The van der Waals surface area contributed by atoms with Gasteiger partial charge in [-0.2, -0.15) is 0 Å². The molecule has 1 heterocycles. The Morgan fingerprint density at radius 1 is 1.54 bits per heavy atom. The molecule has 5 heteroatoms. The van der Waals surface area contributed by atoms with Gasteiger partial charge in [-0.1, -0.05) is 0 Å². The van der Waals surface area contributed by atoms with E-state index in [1.807, 2.05) is 0 Å². The number of rotatable bonds is 2. The molecule has 1 rings (SSSR count). The molecule has 0 saturated carbocycles. The predicted molar refractivity (Wildman–Crippen MR) is 42.1 cm³/mol. The molecular formula is C8H7F2NO2. The van der Waals surface area contributed by atoms with Crippen LogP contribution in [0.3, 0.4) is 0 Å². The zero-order valence-electron chi connectivity index (χ0n) is 6.80. The van der Waals surface area contributed by atoms with E-state index in [-0.39, 0.29) is 6.29 Å². The number of hydrogen-bond donors (Lipinski definition) is 1. The third-order valence-corrected chi connectivity index (χ3v) is 1.57. The van der Waals surface area contributed by atoms with Crippen molar-refractivity contribution in [2.24, 2.45) is 0 Å². The zero-order valence-corrected chi connectivity index (χ0v) is 6.80. The van der Waals surface area contributed by atoms with Crippen LogP contribution in [0.1, 0.15) is 28.2 Å². The van der Waals surface area contributed by atoms with Gasteiger partial charge in [0.15, 0.2) is 11.7 Å². The fourth-order valence-electron chi connectivity index (χ4n) is 1.02. The van der Waals surface area contributed by atoms with Crippen LogP contribution in [0, 0.1) is 6.92 Å². The molecule has 0 aromatic carbocycles. The number of H-pyrrole nitrogens is 1. The fourth-order valence-corrected chi connectivity index (χ4v) is 1.02. The van der Waals surface area contributed by atoms with Crippen molar-refractivity contribution in [3.63, 3.8) is 0 Å². The van der Waals surface area contributed by atoms with Crippen molar-refractivity contribution in [1.82, 2.24) is 4.98 Å². The number of carbonyl (C=O) groups is 1. The van der Waals surface area contributed by atoms with Gasteiger partial charge >= 0.3 is 0 Å². The van der Waals surface area contributed by atoms with Gasteiger partial charge in [0.05, 0.1) is 11.3 Å². The Kier molecular flexibility index (Phi) is 2.55. The first kappa shape index (κ1) is 9.57. The molecule has 0 aliphatic carbocycles. The van der Waals surface area contributed by atoms with Crippen LogP contribution >= 0.6 is 0 Å². The van der Waals surface area contributed by atoms with Crippen LogP contribution in [-0.2, 0) is 0 Å². The number of nitrogens with one attached hydrogen (secondary N) is 1. The lowest BCUT2D eigenvalue weighted by Gasteiger charge is -2.03. The summed E-state index contributed by atoms with van der Waals surface area (Å²) in [7, 11) is 0. The smallest absolute Gasteiger partial charge is 0.279 e. The Morgan fingerprint density at radius 3 is 2.62 bits per heavy atom. The van der Waals surface area contributed by atoms with E-state index in [0.29, 0.717) is 5.69 Å². The van der Waals surface area contributed by atoms with Gasteiger partial charge in [-0.15, -0.1) is 0 Å². The molecule has 70 valence electrons. The van der Waals surface area contributed by atoms with Crippen molar-refractivity contribution in [2.45, 2.75) is 13.3 Å². The lowest BCUT2D eigenvalue weighted by molar-refractivity contribution is 0.110. The van der Waals surface area contributed by atoms with E-state index >= 15 is 0 Å². The van der Waals surface area contributed by atoms with E-state index in [1.54, 1.807) is 0 Å². The van der Waals surface area contributed by atoms with E-state index in [1.165, 1.54) is 6.92 Å². The third kappa shape index (κ3) is 1.80. The maximum atomic E-state index is 12.2. The quantitative estimate of drug-likeness (QED) is 0.712. The number of aryl methyl sites for hydroxylation is 1. The standard InChI is InChI=1S/C8H7F2NO2/c1-4-2-6(13)5(3-12)7(11-4)8(9)10/h2-3,8H,1H3,(H,11,13). The minimum absolute atomic E-state index is 0.139. The van der Waals surface area contributed by atoms with Crippen molar-refractivity contribution in [1.29, 1.82) is 0 Å². The number of pyridine rings is 1. The Morgan fingerprint density at radius 2 is 2.15 bits per heavy atom. The second kappa shape index (κ2) is 3.47. The summed E-state index contributed by atoms with van der Waals surface area (Å²) in [4.78, 5) is 23.6. The van der Waals surface area contributed by atoms with E-state index in [0.717, 1.165) is 6.07 Å². The van der Waals surface area contributed by atoms with Gasteiger partial charge in [0.2, 0.25) is 0 Å². The zero-order chi connectivity index (χ0) is 10.0. The minimum Gasteiger partial charge on any atom is -0.357 e. The summed E-state index contributed by atoms with van der Waals surface area (Å²) in [6.45, 7) is 1.47. The molecule has 0 spiro atoms. The Bertz CT molecular complexity index is 384. The van der Waals surface area contributed by atoms with Crippen LogP contribution in [0.15, 0.2) is 10.9 Å². The van der Waals surface area contributed by atoms with E-state index in [9.17, 15) is 18.4 Å². The van der Waals surface area contributed by atoms with Crippen LogP contribution in [0.25, 0.3) is 0 Å². The first-order valence-electron chi connectivity index (χ1n) is 3.53. The van der Waals surface area contributed by atoms with Gasteiger partial charge in [0.25, 0.3) is 6.43 Å². The number of aromatic amines is 1. The largest absolute Gasteiger partial charge is 0.357 e.